The highest BCUT2D eigenvalue weighted by Crippen LogP contribution is 2.23. The number of hydrogen-bond acceptors (Lipinski definition) is 4. The van der Waals surface area contributed by atoms with E-state index >= 15 is 0 Å². The van der Waals surface area contributed by atoms with Crippen molar-refractivity contribution in [2.24, 2.45) is 5.92 Å². The summed E-state index contributed by atoms with van der Waals surface area (Å²) in [6.07, 6.45) is 1.07. The molecular weight excluding hydrogens is 304 g/mol. The zero-order chi connectivity index (χ0) is 15.4. The van der Waals surface area contributed by atoms with Crippen molar-refractivity contribution in [2.45, 2.75) is 32.4 Å². The molecule has 2 rings (SSSR count). The molecule has 3 atom stereocenters. The minimum absolute atomic E-state index is 0. The van der Waals surface area contributed by atoms with E-state index in [0.29, 0.717) is 23.0 Å². The van der Waals surface area contributed by atoms with E-state index in [1.54, 1.807) is 32.4 Å². The summed E-state index contributed by atoms with van der Waals surface area (Å²) in [7, 11) is 3.15. The molecule has 1 heterocycles. The van der Waals surface area contributed by atoms with E-state index in [-0.39, 0.29) is 30.4 Å². The van der Waals surface area contributed by atoms with Gasteiger partial charge in [0.15, 0.2) is 0 Å². The third-order valence-corrected chi connectivity index (χ3v) is 4.13. The van der Waals surface area contributed by atoms with Crippen LogP contribution in [0.4, 0.5) is 0 Å². The zero-order valence-corrected chi connectivity index (χ0v) is 14.3. The fourth-order valence-electron chi connectivity index (χ4n) is 2.78. The van der Waals surface area contributed by atoms with E-state index in [0.717, 1.165) is 13.0 Å². The number of ether oxygens (including phenoxy) is 2. The molecule has 1 amide bonds. The van der Waals surface area contributed by atoms with Gasteiger partial charge < -0.3 is 20.1 Å². The molecule has 1 aliphatic rings. The molecule has 0 radical (unpaired) electrons. The average molecular weight is 329 g/mol. The summed E-state index contributed by atoms with van der Waals surface area (Å²) in [5, 5.41) is 6.53. The van der Waals surface area contributed by atoms with Gasteiger partial charge in [-0.3, -0.25) is 4.79 Å². The number of methoxy groups -OCH3 is 2. The van der Waals surface area contributed by atoms with E-state index in [1.165, 1.54) is 0 Å². The second-order valence-corrected chi connectivity index (χ2v) is 5.61. The van der Waals surface area contributed by atoms with Crippen molar-refractivity contribution in [3.05, 3.63) is 23.8 Å². The summed E-state index contributed by atoms with van der Waals surface area (Å²) in [6.45, 7) is 5.28. The molecule has 1 fully saturated rings. The van der Waals surface area contributed by atoms with Crippen molar-refractivity contribution in [3.63, 3.8) is 0 Å². The Bertz CT molecular complexity index is 478. The molecule has 5 nitrogen and oxygen atoms in total. The van der Waals surface area contributed by atoms with Gasteiger partial charge in [-0.2, -0.15) is 0 Å². The first-order chi connectivity index (χ1) is 10.0. The lowest BCUT2D eigenvalue weighted by atomic mass is 9.89. The average Bonchev–Trinajstić information content (AvgIpc) is 2.50. The largest absolute Gasteiger partial charge is 0.497 e. The molecule has 0 saturated carbocycles. The van der Waals surface area contributed by atoms with Crippen LogP contribution in [0.3, 0.4) is 0 Å². The van der Waals surface area contributed by atoms with Gasteiger partial charge in [0.05, 0.1) is 14.2 Å². The third-order valence-electron chi connectivity index (χ3n) is 4.13. The molecule has 1 aliphatic heterocycles. The number of benzene rings is 1. The summed E-state index contributed by atoms with van der Waals surface area (Å²) in [4.78, 5) is 12.5. The van der Waals surface area contributed by atoms with Crippen molar-refractivity contribution >= 4 is 18.3 Å². The molecule has 3 unspecified atom stereocenters. The fourth-order valence-corrected chi connectivity index (χ4v) is 2.78. The Kier molecular flexibility index (Phi) is 6.97. The highest BCUT2D eigenvalue weighted by molar-refractivity contribution is 5.95. The number of nitrogens with one attached hydrogen (secondary N) is 2. The van der Waals surface area contributed by atoms with E-state index in [4.69, 9.17) is 9.47 Å². The quantitative estimate of drug-likeness (QED) is 0.890. The second kappa shape index (κ2) is 8.25. The Morgan fingerprint density at radius 3 is 2.27 bits per heavy atom. The first kappa shape index (κ1) is 18.6. The lowest BCUT2D eigenvalue weighted by Crippen LogP contribution is -2.55. The van der Waals surface area contributed by atoms with Crippen LogP contribution in [0, 0.1) is 5.92 Å². The maximum absolute atomic E-state index is 12.5. The molecule has 1 aromatic rings. The van der Waals surface area contributed by atoms with E-state index in [1.807, 2.05) is 0 Å². The Morgan fingerprint density at radius 1 is 1.18 bits per heavy atom. The smallest absolute Gasteiger partial charge is 0.251 e. The van der Waals surface area contributed by atoms with Gasteiger partial charge in [0.1, 0.15) is 11.5 Å². The first-order valence-electron chi connectivity index (χ1n) is 7.32. The van der Waals surface area contributed by atoms with E-state index in [9.17, 15) is 4.79 Å². The SMILES string of the molecule is COc1cc(OC)cc(C(=O)NC2C(C)CCNC2C)c1.Cl. The lowest BCUT2D eigenvalue weighted by molar-refractivity contribution is 0.0897. The van der Waals surface area contributed by atoms with Crippen LogP contribution in [0.5, 0.6) is 11.5 Å². The van der Waals surface area contributed by atoms with Crippen LogP contribution in [-0.2, 0) is 0 Å². The molecule has 0 spiro atoms. The number of rotatable bonds is 4. The van der Waals surface area contributed by atoms with Crippen LogP contribution in [0.1, 0.15) is 30.6 Å². The molecule has 0 aromatic heterocycles. The number of halogens is 1. The van der Waals surface area contributed by atoms with Crippen LogP contribution >= 0.6 is 12.4 Å². The number of piperidine rings is 1. The van der Waals surface area contributed by atoms with Crippen LogP contribution in [0.15, 0.2) is 18.2 Å². The molecule has 0 bridgehead atoms. The normalized spacial score (nSPS) is 24.1. The van der Waals surface area contributed by atoms with E-state index in [2.05, 4.69) is 24.5 Å². The summed E-state index contributed by atoms with van der Waals surface area (Å²) in [5.41, 5.74) is 0.552. The predicted octanol–water partition coefficient (Wildman–Crippen LogP) is 2.24. The molecule has 1 aromatic carbocycles. The number of hydrogen-bond donors (Lipinski definition) is 2. The van der Waals surface area contributed by atoms with Crippen molar-refractivity contribution < 1.29 is 14.3 Å². The van der Waals surface area contributed by atoms with Gasteiger partial charge in [-0.1, -0.05) is 6.92 Å². The van der Waals surface area contributed by atoms with Gasteiger partial charge >= 0.3 is 0 Å². The molecule has 2 N–H and O–H groups in total. The fraction of sp³-hybridized carbons (Fsp3) is 0.562. The van der Waals surface area contributed by atoms with Crippen LogP contribution in [-0.4, -0.2) is 38.8 Å². The second-order valence-electron chi connectivity index (χ2n) is 5.61. The van der Waals surface area contributed by atoms with Crippen molar-refractivity contribution in [1.29, 1.82) is 0 Å². The Hall–Kier alpha value is -1.46. The maximum Gasteiger partial charge on any atom is 0.251 e. The highest BCUT2D eigenvalue weighted by Gasteiger charge is 2.29. The number of amides is 1. The van der Waals surface area contributed by atoms with Crippen LogP contribution < -0.4 is 20.1 Å². The molecule has 22 heavy (non-hydrogen) atoms. The highest BCUT2D eigenvalue weighted by atomic mass is 35.5. The Balaban J connectivity index is 0.00000242. The van der Waals surface area contributed by atoms with Crippen molar-refractivity contribution in [1.82, 2.24) is 10.6 Å². The van der Waals surface area contributed by atoms with Gasteiger partial charge in [-0.25, -0.2) is 0 Å². The summed E-state index contributed by atoms with van der Waals surface area (Å²) in [5.74, 6) is 1.59. The van der Waals surface area contributed by atoms with Crippen molar-refractivity contribution in [2.75, 3.05) is 20.8 Å². The summed E-state index contributed by atoms with van der Waals surface area (Å²) < 4.78 is 10.4. The molecule has 1 saturated heterocycles. The van der Waals surface area contributed by atoms with Crippen LogP contribution in [0.2, 0.25) is 0 Å². The van der Waals surface area contributed by atoms with Gasteiger partial charge in [-0.05, 0) is 37.9 Å². The molecule has 124 valence electrons. The first-order valence-corrected chi connectivity index (χ1v) is 7.32. The summed E-state index contributed by atoms with van der Waals surface area (Å²) in [6, 6.07) is 5.60. The number of carbonyl (C=O) groups excluding carboxylic acids is 1. The zero-order valence-electron chi connectivity index (χ0n) is 13.5. The number of carbonyl (C=O) groups is 1. The molecular formula is C16H25ClN2O3. The van der Waals surface area contributed by atoms with Gasteiger partial charge in [-0.15, -0.1) is 12.4 Å². The van der Waals surface area contributed by atoms with E-state index < -0.39 is 0 Å². The lowest BCUT2D eigenvalue weighted by Gasteiger charge is -2.36. The van der Waals surface area contributed by atoms with Crippen molar-refractivity contribution in [3.8, 4) is 11.5 Å². The monoisotopic (exact) mass is 328 g/mol. The molecule has 6 heteroatoms. The standard InChI is InChI=1S/C16H24N2O3.ClH/c1-10-5-6-17-11(2)15(10)18-16(19)12-7-13(20-3)9-14(8-12)21-4;/h7-11,15,17H,5-6H2,1-4H3,(H,18,19);1H. The topological polar surface area (TPSA) is 59.6 Å². The Morgan fingerprint density at radius 2 is 1.77 bits per heavy atom. The van der Waals surface area contributed by atoms with Gasteiger partial charge in [0.2, 0.25) is 0 Å². The Labute approximate surface area is 138 Å². The maximum atomic E-state index is 12.5. The molecule has 0 aliphatic carbocycles. The van der Waals surface area contributed by atoms with Gasteiger partial charge in [0.25, 0.3) is 5.91 Å². The van der Waals surface area contributed by atoms with Gasteiger partial charge in [0, 0.05) is 23.7 Å². The van der Waals surface area contributed by atoms with Crippen LogP contribution in [0.25, 0.3) is 0 Å². The minimum atomic E-state index is -0.0976. The minimum Gasteiger partial charge on any atom is -0.497 e. The predicted molar refractivity (Wildman–Crippen MR) is 89.3 cm³/mol. The third kappa shape index (κ3) is 4.27. The summed E-state index contributed by atoms with van der Waals surface area (Å²) >= 11 is 0.